The zero-order valence-electron chi connectivity index (χ0n) is 14.1. The Kier molecular flexibility index (Phi) is 23.1. The topological polar surface area (TPSA) is 0 Å². The summed E-state index contributed by atoms with van der Waals surface area (Å²) in [4.78, 5) is 0. The number of allylic oxidation sites excluding steroid dienone is 5. The van der Waals surface area contributed by atoms with E-state index in [0.717, 1.165) is 11.5 Å². The molecule has 0 rings (SSSR count). The SMILES string of the molecule is C=C(C)/C=C\C=C(/C)CCC(C)CC.CC.CC. The largest absolute Gasteiger partial charge is 0.0961 e. The molecular weight excluding hydrogens is 216 g/mol. The van der Waals surface area contributed by atoms with Gasteiger partial charge in [-0.05, 0) is 32.6 Å². The molecule has 0 aliphatic carbocycles. The van der Waals surface area contributed by atoms with Crippen LogP contribution in [0.25, 0.3) is 0 Å². The Morgan fingerprint density at radius 1 is 1.11 bits per heavy atom. The first-order chi connectivity index (χ1) is 8.56. The second-order valence-corrected chi connectivity index (χ2v) is 4.27. The van der Waals surface area contributed by atoms with E-state index in [0.29, 0.717) is 0 Å². The standard InChI is InChI=1S/C14H24.2C2H6/c1-6-13(4)10-11-14(5)9-7-8-12(2)3;2*1-2/h7-9,13H,2,6,10-11H2,1,3-5H3;2*1-2H3/b8-7-,14-9+;;. The molecule has 108 valence electrons. The maximum absolute atomic E-state index is 3.82. The van der Waals surface area contributed by atoms with E-state index in [-0.39, 0.29) is 0 Å². The van der Waals surface area contributed by atoms with Crippen LogP contribution in [0.3, 0.4) is 0 Å². The molecule has 0 amide bonds. The van der Waals surface area contributed by atoms with Crippen LogP contribution in [-0.4, -0.2) is 0 Å². The molecule has 0 aromatic rings. The van der Waals surface area contributed by atoms with Crippen LogP contribution < -0.4 is 0 Å². The lowest BCUT2D eigenvalue weighted by Crippen LogP contribution is -1.91. The van der Waals surface area contributed by atoms with E-state index < -0.39 is 0 Å². The van der Waals surface area contributed by atoms with Gasteiger partial charge < -0.3 is 0 Å². The third-order valence-electron chi connectivity index (χ3n) is 2.49. The first-order valence-electron chi connectivity index (χ1n) is 7.55. The molecule has 0 fully saturated rings. The van der Waals surface area contributed by atoms with Crippen molar-refractivity contribution in [2.45, 2.75) is 74.7 Å². The summed E-state index contributed by atoms with van der Waals surface area (Å²) >= 11 is 0. The lowest BCUT2D eigenvalue weighted by molar-refractivity contribution is 0.515. The molecule has 0 nitrogen and oxygen atoms in total. The van der Waals surface area contributed by atoms with Gasteiger partial charge in [0.2, 0.25) is 0 Å². The molecule has 0 aliphatic rings. The van der Waals surface area contributed by atoms with Crippen molar-refractivity contribution in [1.29, 1.82) is 0 Å². The molecule has 0 heterocycles. The normalized spacial score (nSPS) is 12.1. The summed E-state index contributed by atoms with van der Waals surface area (Å²) in [7, 11) is 0. The van der Waals surface area contributed by atoms with E-state index >= 15 is 0 Å². The molecule has 0 bridgehead atoms. The van der Waals surface area contributed by atoms with Gasteiger partial charge in [-0.15, -0.1) is 0 Å². The lowest BCUT2D eigenvalue weighted by Gasteiger charge is -2.07. The molecule has 0 aromatic heterocycles. The minimum atomic E-state index is 0.850. The highest BCUT2D eigenvalue weighted by molar-refractivity contribution is 5.19. The van der Waals surface area contributed by atoms with Gasteiger partial charge in [-0.1, -0.05) is 83.9 Å². The van der Waals surface area contributed by atoms with Crippen LogP contribution >= 0.6 is 0 Å². The Morgan fingerprint density at radius 2 is 1.61 bits per heavy atom. The van der Waals surface area contributed by atoms with Crippen molar-refractivity contribution in [3.8, 4) is 0 Å². The van der Waals surface area contributed by atoms with Gasteiger partial charge in [-0.3, -0.25) is 0 Å². The Balaban J connectivity index is -0.000000506. The van der Waals surface area contributed by atoms with Crippen LogP contribution in [0, 0.1) is 5.92 Å². The second-order valence-electron chi connectivity index (χ2n) is 4.27. The maximum atomic E-state index is 3.82. The van der Waals surface area contributed by atoms with Gasteiger partial charge in [0.25, 0.3) is 0 Å². The van der Waals surface area contributed by atoms with Crippen LogP contribution in [0.2, 0.25) is 0 Å². The van der Waals surface area contributed by atoms with Gasteiger partial charge in [0.05, 0.1) is 0 Å². The fourth-order valence-electron chi connectivity index (χ4n) is 1.14. The Hall–Kier alpha value is -0.780. The molecule has 0 saturated heterocycles. The first kappa shape index (κ1) is 22.4. The fraction of sp³-hybridized carbons (Fsp3) is 0.667. The zero-order valence-corrected chi connectivity index (χ0v) is 14.1. The summed E-state index contributed by atoms with van der Waals surface area (Å²) in [5.41, 5.74) is 2.57. The van der Waals surface area contributed by atoms with Crippen LogP contribution in [0.5, 0.6) is 0 Å². The van der Waals surface area contributed by atoms with Crippen molar-refractivity contribution in [2.24, 2.45) is 5.92 Å². The van der Waals surface area contributed by atoms with Crippen molar-refractivity contribution >= 4 is 0 Å². The molecule has 1 atom stereocenters. The number of rotatable bonds is 6. The van der Waals surface area contributed by atoms with E-state index in [1.165, 1.54) is 24.8 Å². The third kappa shape index (κ3) is 20.6. The molecule has 0 heteroatoms. The lowest BCUT2D eigenvalue weighted by atomic mass is 9.99. The minimum absolute atomic E-state index is 0.850. The van der Waals surface area contributed by atoms with Crippen molar-refractivity contribution in [2.75, 3.05) is 0 Å². The average molecular weight is 252 g/mol. The predicted octanol–water partition coefficient (Wildman–Crippen LogP) is 6.94. The van der Waals surface area contributed by atoms with Crippen LogP contribution in [0.4, 0.5) is 0 Å². The monoisotopic (exact) mass is 252 g/mol. The van der Waals surface area contributed by atoms with E-state index in [1.807, 2.05) is 40.7 Å². The van der Waals surface area contributed by atoms with Gasteiger partial charge in [0.1, 0.15) is 0 Å². The summed E-state index contributed by atoms with van der Waals surface area (Å²) < 4.78 is 0. The highest BCUT2D eigenvalue weighted by atomic mass is 14.0. The number of hydrogen-bond donors (Lipinski definition) is 0. The third-order valence-corrected chi connectivity index (χ3v) is 2.49. The smallest absolute Gasteiger partial charge is 0.0317 e. The van der Waals surface area contributed by atoms with Crippen molar-refractivity contribution in [3.05, 3.63) is 36.0 Å². The molecule has 0 aromatic carbocycles. The quantitative estimate of drug-likeness (QED) is 0.449. The van der Waals surface area contributed by atoms with Crippen LogP contribution in [0.1, 0.15) is 74.7 Å². The summed E-state index contributed by atoms with van der Waals surface area (Å²) in [5, 5.41) is 0. The van der Waals surface area contributed by atoms with E-state index in [9.17, 15) is 0 Å². The molecular formula is C18H36. The maximum Gasteiger partial charge on any atom is -0.0317 e. The van der Waals surface area contributed by atoms with Crippen molar-refractivity contribution in [3.63, 3.8) is 0 Å². The van der Waals surface area contributed by atoms with Gasteiger partial charge >= 0.3 is 0 Å². The van der Waals surface area contributed by atoms with Gasteiger partial charge in [-0.2, -0.15) is 0 Å². The van der Waals surface area contributed by atoms with Crippen molar-refractivity contribution < 1.29 is 0 Å². The van der Waals surface area contributed by atoms with Gasteiger partial charge in [0.15, 0.2) is 0 Å². The predicted molar refractivity (Wildman–Crippen MR) is 89.1 cm³/mol. The summed E-state index contributed by atoms with van der Waals surface area (Å²) in [5.74, 6) is 0.850. The highest BCUT2D eigenvalue weighted by Crippen LogP contribution is 2.14. The molecule has 0 spiro atoms. The second kappa shape index (κ2) is 18.6. The summed E-state index contributed by atoms with van der Waals surface area (Å²) in [6.45, 7) is 20.6. The van der Waals surface area contributed by atoms with Gasteiger partial charge in [0, 0.05) is 0 Å². The Morgan fingerprint density at radius 3 is 2.00 bits per heavy atom. The summed E-state index contributed by atoms with van der Waals surface area (Å²) in [6, 6.07) is 0. The summed E-state index contributed by atoms with van der Waals surface area (Å²) in [6.07, 6.45) is 10.1. The van der Waals surface area contributed by atoms with Crippen molar-refractivity contribution in [1.82, 2.24) is 0 Å². The minimum Gasteiger partial charge on any atom is -0.0961 e. The Bertz CT molecular complexity index is 218. The van der Waals surface area contributed by atoms with Crippen LogP contribution in [-0.2, 0) is 0 Å². The molecule has 0 N–H and O–H groups in total. The Labute approximate surface area is 117 Å². The van der Waals surface area contributed by atoms with E-state index in [2.05, 4.69) is 39.5 Å². The van der Waals surface area contributed by atoms with Gasteiger partial charge in [-0.25, -0.2) is 0 Å². The average Bonchev–Trinajstić information content (AvgIpc) is 2.40. The highest BCUT2D eigenvalue weighted by Gasteiger charge is 1.97. The molecule has 0 saturated carbocycles. The molecule has 0 radical (unpaired) electrons. The molecule has 1 unspecified atom stereocenters. The first-order valence-corrected chi connectivity index (χ1v) is 7.55. The van der Waals surface area contributed by atoms with E-state index in [1.54, 1.807) is 0 Å². The zero-order chi connectivity index (χ0) is 15.0. The van der Waals surface area contributed by atoms with Crippen LogP contribution in [0.15, 0.2) is 36.0 Å². The molecule has 0 aliphatic heterocycles. The fourth-order valence-corrected chi connectivity index (χ4v) is 1.14. The van der Waals surface area contributed by atoms with E-state index in [4.69, 9.17) is 0 Å². The number of hydrogen-bond acceptors (Lipinski definition) is 0. The molecule has 18 heavy (non-hydrogen) atoms.